The van der Waals surface area contributed by atoms with Crippen molar-refractivity contribution >= 4 is 37.0 Å². The molecule has 34 heavy (non-hydrogen) atoms. The van der Waals surface area contributed by atoms with Gasteiger partial charge < -0.3 is 13.8 Å². The van der Waals surface area contributed by atoms with Gasteiger partial charge in [-0.25, -0.2) is 0 Å². The van der Waals surface area contributed by atoms with Crippen molar-refractivity contribution in [3.05, 3.63) is 133 Å². The summed E-state index contributed by atoms with van der Waals surface area (Å²) < 4.78 is 0. The van der Waals surface area contributed by atoms with Gasteiger partial charge in [0.15, 0.2) is 0 Å². The zero-order chi connectivity index (χ0) is 23.3. The molecule has 6 rings (SSSR count). The second kappa shape index (κ2) is 18.2. The van der Waals surface area contributed by atoms with Gasteiger partial charge in [-0.1, -0.05) is 70.8 Å². The van der Waals surface area contributed by atoms with Crippen molar-refractivity contribution in [2.75, 3.05) is 0 Å². The zero-order valence-electron chi connectivity index (χ0n) is 19.9. The van der Waals surface area contributed by atoms with Crippen LogP contribution in [0.5, 0.6) is 0 Å². The number of benzene rings is 4. The van der Waals surface area contributed by atoms with Gasteiger partial charge in [-0.15, -0.1) is 35.9 Å². The number of halogens is 2. The minimum absolute atomic E-state index is 0. The molecule has 0 atom stereocenters. The van der Waals surface area contributed by atoms with Crippen LogP contribution in [-0.2, 0) is 34.4 Å². The number of hydrogen-bond donors (Lipinski definition) is 0. The maximum Gasteiger partial charge on any atom is -0.0253 e. The van der Waals surface area contributed by atoms with Gasteiger partial charge in [0, 0.05) is 0 Å². The Hall–Kier alpha value is -1.11. The molecular weight excluding hydrogens is 595 g/mol. The summed E-state index contributed by atoms with van der Waals surface area (Å²) in [5.41, 5.74) is 11.0. The third kappa shape index (κ3) is 7.96. The van der Waals surface area contributed by atoms with Crippen molar-refractivity contribution < 1.29 is 21.6 Å². The molecule has 4 heteroatoms. The molecule has 0 aromatic heterocycles. The Labute approximate surface area is 238 Å². The van der Waals surface area contributed by atoms with E-state index in [1.807, 2.05) is 12.1 Å². The largest absolute Gasteiger partial charge is 0.179 e. The number of hydrogen-bond acceptors (Lipinski definition) is 0. The van der Waals surface area contributed by atoms with E-state index in [0.717, 1.165) is 12.8 Å². The topological polar surface area (TPSA) is 0 Å². The van der Waals surface area contributed by atoms with Crippen LogP contribution in [0.4, 0.5) is 0 Å². The Balaban J connectivity index is 0.000000502. The SMILES string of the molecule is Cl.Cl.[CH2-]C.[CH2-]C.[GeH2]=[Zr].[c-]1cccc2c1Cc1ccccc1-2.[c-]1cccc2c1Cc1ccccc1-2. The molecule has 0 amide bonds. The summed E-state index contributed by atoms with van der Waals surface area (Å²) in [6.07, 6.45) is 2.10. The van der Waals surface area contributed by atoms with Gasteiger partial charge in [0.2, 0.25) is 0 Å². The number of rotatable bonds is 0. The second-order valence-electron chi connectivity index (χ2n) is 6.79. The van der Waals surface area contributed by atoms with E-state index in [2.05, 4.69) is 98.8 Å². The molecule has 0 nitrogen and oxygen atoms in total. The fraction of sp³-hybridized carbons (Fsp3) is 0.133. The molecule has 0 saturated heterocycles. The quantitative estimate of drug-likeness (QED) is 0.120. The van der Waals surface area contributed by atoms with E-state index in [4.69, 9.17) is 0 Å². The molecule has 0 aliphatic heterocycles. The van der Waals surface area contributed by atoms with Gasteiger partial charge in [-0.2, -0.15) is 73.5 Å². The van der Waals surface area contributed by atoms with Crippen molar-refractivity contribution in [2.45, 2.75) is 26.7 Å². The van der Waals surface area contributed by atoms with Crippen molar-refractivity contribution in [1.82, 2.24) is 0 Å². The van der Waals surface area contributed by atoms with Crippen molar-refractivity contribution in [3.8, 4) is 22.3 Å². The maximum atomic E-state index is 3.30. The van der Waals surface area contributed by atoms with Crippen LogP contribution < -0.4 is 0 Å². The Morgan fingerprint density at radius 2 is 0.882 bits per heavy atom. The smallest absolute Gasteiger partial charge is 0.0253 e. The molecule has 0 bridgehead atoms. The van der Waals surface area contributed by atoms with Crippen LogP contribution in [0.2, 0.25) is 0 Å². The zero-order valence-corrected chi connectivity index (χ0v) is 27.0. The summed E-state index contributed by atoms with van der Waals surface area (Å²) in [6, 6.07) is 36.2. The maximum absolute atomic E-state index is 3.30. The Bertz CT molecular complexity index is 952. The van der Waals surface area contributed by atoms with Crippen LogP contribution in [0.15, 0.2) is 84.9 Å². The predicted molar refractivity (Wildman–Crippen MR) is 152 cm³/mol. The molecule has 0 radical (unpaired) electrons. The predicted octanol–water partition coefficient (Wildman–Crippen LogP) is 7.72. The fourth-order valence-electron chi connectivity index (χ4n) is 4.00. The molecule has 4 aromatic carbocycles. The molecule has 0 saturated carbocycles. The minimum Gasteiger partial charge on any atom is -0.179 e. The summed E-state index contributed by atoms with van der Waals surface area (Å²) >= 11 is 3.14. The van der Waals surface area contributed by atoms with Crippen LogP contribution in [0.3, 0.4) is 0 Å². The van der Waals surface area contributed by atoms with E-state index in [0.29, 0.717) is 0 Å². The summed E-state index contributed by atoms with van der Waals surface area (Å²) in [4.78, 5) is 0. The van der Waals surface area contributed by atoms with Gasteiger partial charge in [-0.05, 0) is 12.8 Å². The first-order chi connectivity index (χ1) is 15.9. The van der Waals surface area contributed by atoms with Crippen LogP contribution in [0, 0.1) is 26.0 Å². The Kier molecular flexibility index (Phi) is 17.6. The van der Waals surface area contributed by atoms with Crippen LogP contribution >= 0.6 is 24.8 Å². The first-order valence-corrected chi connectivity index (χ1v) is 21.3. The van der Waals surface area contributed by atoms with Crippen LogP contribution in [-0.4, -0.2) is 12.1 Å². The molecule has 0 heterocycles. The molecular formula is C30H32Cl2GeZr-4. The van der Waals surface area contributed by atoms with Crippen molar-refractivity contribution in [3.63, 3.8) is 0 Å². The first kappa shape index (κ1) is 32.9. The molecule has 0 fully saturated rings. The van der Waals surface area contributed by atoms with Crippen molar-refractivity contribution in [1.29, 1.82) is 0 Å². The van der Waals surface area contributed by atoms with Gasteiger partial charge in [0.1, 0.15) is 0 Å². The normalized spacial score (nSPS) is 9.85. The average molecular weight is 627 g/mol. The van der Waals surface area contributed by atoms with E-state index >= 15 is 0 Å². The standard InChI is InChI=1S/2C13H9.2C2H5.2ClH.GeH2.Zr/c2*1-3-7-12-10(5-1)9-11-6-2-4-8-13(11)12;2*1-2;;;;/h2*1-5,7-8H,9H2;2*1H2,2H3;2*1H;1H2;/q4*-1;;;;. The second-order valence-corrected chi connectivity index (χ2v) is 6.79. The summed E-state index contributed by atoms with van der Waals surface area (Å²) in [7, 11) is 0. The molecule has 0 N–H and O–H groups in total. The third-order valence-electron chi connectivity index (χ3n) is 5.23. The number of fused-ring (bicyclic) bond motifs is 6. The third-order valence-corrected chi connectivity index (χ3v) is 5.23. The minimum atomic E-state index is 0. The van der Waals surface area contributed by atoms with Crippen molar-refractivity contribution in [2.24, 2.45) is 0 Å². The van der Waals surface area contributed by atoms with Gasteiger partial charge >= 0.3 is 33.7 Å². The summed E-state index contributed by atoms with van der Waals surface area (Å²) in [5, 5.41) is 0. The van der Waals surface area contributed by atoms with E-state index in [1.165, 1.54) is 56.6 Å². The first-order valence-electron chi connectivity index (χ1n) is 10.8. The molecule has 2 aliphatic carbocycles. The van der Waals surface area contributed by atoms with E-state index in [-0.39, 0.29) is 24.8 Å². The summed E-state index contributed by atoms with van der Waals surface area (Å²) in [5.74, 6) is 0. The summed E-state index contributed by atoms with van der Waals surface area (Å²) in [6.45, 7) is 10.0. The van der Waals surface area contributed by atoms with Gasteiger partial charge in [0.05, 0.1) is 0 Å². The average Bonchev–Trinajstić information content (AvgIpc) is 3.46. The fourth-order valence-corrected chi connectivity index (χ4v) is 4.00. The Morgan fingerprint density at radius 1 is 0.559 bits per heavy atom. The van der Waals surface area contributed by atoms with Gasteiger partial charge in [0.25, 0.3) is 0 Å². The van der Waals surface area contributed by atoms with E-state index in [9.17, 15) is 0 Å². The van der Waals surface area contributed by atoms with E-state index < -0.39 is 0 Å². The molecule has 0 spiro atoms. The van der Waals surface area contributed by atoms with Crippen LogP contribution in [0.1, 0.15) is 36.1 Å². The monoisotopic (exact) mass is 626 g/mol. The van der Waals surface area contributed by atoms with Gasteiger partial charge in [-0.3, -0.25) is 0 Å². The Morgan fingerprint density at radius 3 is 1.26 bits per heavy atom. The molecule has 2 aliphatic rings. The molecule has 0 unspecified atom stereocenters. The van der Waals surface area contributed by atoms with E-state index in [1.54, 1.807) is 35.4 Å². The van der Waals surface area contributed by atoms with Crippen LogP contribution in [0.25, 0.3) is 22.3 Å². The molecule has 178 valence electrons. The molecule has 4 aromatic rings.